The first-order valence-electron chi connectivity index (χ1n) is 6.36. The van der Waals surface area contributed by atoms with Crippen LogP contribution in [-0.2, 0) is 0 Å². The second kappa shape index (κ2) is 6.59. The standard InChI is InChI=1S/C14H19N3S/c1-3-18-9-8-11(2)16-14-13-7-5-4-6-12(13)10-15-17-14/h4-7,10-11H,3,8-9H2,1-2H3,(H,16,17). The van der Waals surface area contributed by atoms with E-state index in [-0.39, 0.29) is 0 Å². The van der Waals surface area contributed by atoms with Gasteiger partial charge in [0.2, 0.25) is 0 Å². The van der Waals surface area contributed by atoms with Crippen LogP contribution in [0.5, 0.6) is 0 Å². The fourth-order valence-electron chi connectivity index (χ4n) is 1.84. The van der Waals surface area contributed by atoms with E-state index in [2.05, 4.69) is 41.5 Å². The summed E-state index contributed by atoms with van der Waals surface area (Å²) in [5, 5.41) is 14.0. The van der Waals surface area contributed by atoms with Crippen molar-refractivity contribution in [1.29, 1.82) is 0 Å². The summed E-state index contributed by atoms with van der Waals surface area (Å²) in [6, 6.07) is 8.62. The van der Waals surface area contributed by atoms with Crippen molar-refractivity contribution < 1.29 is 0 Å². The Hall–Kier alpha value is -1.29. The predicted molar refractivity (Wildman–Crippen MR) is 80.2 cm³/mol. The molecule has 0 aliphatic heterocycles. The van der Waals surface area contributed by atoms with Gasteiger partial charge in [0.15, 0.2) is 5.82 Å². The number of fused-ring (bicyclic) bond motifs is 1. The van der Waals surface area contributed by atoms with Crippen molar-refractivity contribution in [3.05, 3.63) is 30.5 Å². The molecule has 4 heteroatoms. The molecule has 1 N–H and O–H groups in total. The Morgan fingerprint density at radius 1 is 1.33 bits per heavy atom. The highest BCUT2D eigenvalue weighted by molar-refractivity contribution is 7.99. The van der Waals surface area contributed by atoms with Gasteiger partial charge in [-0.15, -0.1) is 5.10 Å². The second-order valence-corrected chi connectivity index (χ2v) is 5.71. The van der Waals surface area contributed by atoms with Crippen LogP contribution >= 0.6 is 11.8 Å². The fourth-order valence-corrected chi connectivity index (χ4v) is 2.65. The normalized spacial score (nSPS) is 12.6. The van der Waals surface area contributed by atoms with Crippen molar-refractivity contribution in [2.24, 2.45) is 0 Å². The largest absolute Gasteiger partial charge is 0.366 e. The van der Waals surface area contributed by atoms with Crippen LogP contribution in [0.3, 0.4) is 0 Å². The molecule has 2 rings (SSSR count). The quantitative estimate of drug-likeness (QED) is 0.807. The Morgan fingerprint density at radius 2 is 2.17 bits per heavy atom. The molecule has 2 aromatic rings. The molecule has 1 atom stereocenters. The van der Waals surface area contributed by atoms with Crippen molar-refractivity contribution >= 4 is 28.4 Å². The lowest BCUT2D eigenvalue weighted by atomic mass is 10.2. The molecular formula is C14H19N3S. The third-order valence-corrected chi connectivity index (χ3v) is 3.79. The molecule has 96 valence electrons. The van der Waals surface area contributed by atoms with E-state index in [9.17, 15) is 0 Å². The van der Waals surface area contributed by atoms with Crippen molar-refractivity contribution in [2.75, 3.05) is 16.8 Å². The summed E-state index contributed by atoms with van der Waals surface area (Å²) in [4.78, 5) is 0. The van der Waals surface area contributed by atoms with Gasteiger partial charge >= 0.3 is 0 Å². The van der Waals surface area contributed by atoms with Gasteiger partial charge in [-0.3, -0.25) is 0 Å². The molecule has 0 fully saturated rings. The van der Waals surface area contributed by atoms with Crippen molar-refractivity contribution in [1.82, 2.24) is 10.2 Å². The molecule has 0 spiro atoms. The molecule has 0 aliphatic carbocycles. The van der Waals surface area contributed by atoms with Crippen LogP contribution in [0.1, 0.15) is 20.3 Å². The number of benzene rings is 1. The molecule has 0 amide bonds. The van der Waals surface area contributed by atoms with E-state index in [1.807, 2.05) is 23.9 Å². The highest BCUT2D eigenvalue weighted by Gasteiger charge is 2.06. The monoisotopic (exact) mass is 261 g/mol. The Labute approximate surface area is 112 Å². The summed E-state index contributed by atoms with van der Waals surface area (Å²) in [5.74, 6) is 3.26. The molecule has 0 radical (unpaired) electrons. The first-order valence-corrected chi connectivity index (χ1v) is 7.51. The van der Waals surface area contributed by atoms with E-state index in [1.54, 1.807) is 6.20 Å². The number of hydrogen-bond acceptors (Lipinski definition) is 4. The Bertz CT molecular complexity index is 496. The van der Waals surface area contributed by atoms with Gasteiger partial charge in [-0.25, -0.2) is 0 Å². The van der Waals surface area contributed by atoms with E-state index in [0.29, 0.717) is 6.04 Å². The smallest absolute Gasteiger partial charge is 0.156 e. The van der Waals surface area contributed by atoms with E-state index in [0.717, 1.165) is 23.0 Å². The van der Waals surface area contributed by atoms with Gasteiger partial charge in [-0.1, -0.05) is 31.2 Å². The van der Waals surface area contributed by atoms with E-state index < -0.39 is 0 Å². The highest BCUT2D eigenvalue weighted by atomic mass is 32.2. The predicted octanol–water partition coefficient (Wildman–Crippen LogP) is 3.57. The Balaban J connectivity index is 2.07. The van der Waals surface area contributed by atoms with Crippen molar-refractivity contribution in [2.45, 2.75) is 26.3 Å². The maximum Gasteiger partial charge on any atom is 0.156 e. The number of aromatic nitrogens is 2. The zero-order chi connectivity index (χ0) is 12.8. The molecule has 18 heavy (non-hydrogen) atoms. The second-order valence-electron chi connectivity index (χ2n) is 4.31. The Kier molecular flexibility index (Phi) is 4.81. The number of anilines is 1. The average molecular weight is 261 g/mol. The third kappa shape index (κ3) is 3.35. The number of nitrogens with one attached hydrogen (secondary N) is 1. The summed E-state index contributed by atoms with van der Waals surface area (Å²) in [6.45, 7) is 4.39. The molecular weight excluding hydrogens is 242 g/mol. The molecule has 1 unspecified atom stereocenters. The van der Waals surface area contributed by atoms with Crippen LogP contribution in [0, 0.1) is 0 Å². The maximum absolute atomic E-state index is 4.21. The highest BCUT2D eigenvalue weighted by Crippen LogP contribution is 2.20. The Morgan fingerprint density at radius 3 is 3.00 bits per heavy atom. The van der Waals surface area contributed by atoms with Gasteiger partial charge in [0.1, 0.15) is 0 Å². The molecule has 1 heterocycles. The minimum absolute atomic E-state index is 0.421. The SMILES string of the molecule is CCSCCC(C)Nc1nncc2ccccc12. The van der Waals surface area contributed by atoms with E-state index >= 15 is 0 Å². The lowest BCUT2D eigenvalue weighted by molar-refractivity contribution is 0.764. The van der Waals surface area contributed by atoms with Crippen LogP contribution in [0.25, 0.3) is 10.8 Å². The minimum atomic E-state index is 0.421. The molecule has 0 bridgehead atoms. The molecule has 0 saturated carbocycles. The number of hydrogen-bond donors (Lipinski definition) is 1. The van der Waals surface area contributed by atoms with Crippen LogP contribution in [0.2, 0.25) is 0 Å². The molecule has 0 saturated heterocycles. The van der Waals surface area contributed by atoms with Crippen molar-refractivity contribution in [3.63, 3.8) is 0 Å². The van der Waals surface area contributed by atoms with Gasteiger partial charge in [-0.05, 0) is 24.9 Å². The van der Waals surface area contributed by atoms with Crippen LogP contribution in [0.15, 0.2) is 30.5 Å². The zero-order valence-corrected chi connectivity index (χ0v) is 11.7. The number of nitrogens with zero attached hydrogens (tertiary/aromatic N) is 2. The lowest BCUT2D eigenvalue weighted by Gasteiger charge is -2.14. The average Bonchev–Trinajstić information content (AvgIpc) is 2.39. The van der Waals surface area contributed by atoms with Crippen LogP contribution in [0.4, 0.5) is 5.82 Å². The molecule has 1 aromatic carbocycles. The summed E-state index contributed by atoms with van der Waals surface area (Å²) < 4.78 is 0. The van der Waals surface area contributed by atoms with Crippen molar-refractivity contribution in [3.8, 4) is 0 Å². The van der Waals surface area contributed by atoms with Gasteiger partial charge in [0.05, 0.1) is 6.20 Å². The third-order valence-electron chi connectivity index (χ3n) is 2.85. The van der Waals surface area contributed by atoms with Gasteiger partial charge in [0, 0.05) is 16.8 Å². The minimum Gasteiger partial charge on any atom is -0.366 e. The molecule has 1 aromatic heterocycles. The number of rotatable bonds is 6. The topological polar surface area (TPSA) is 37.8 Å². The summed E-state index contributed by atoms with van der Waals surface area (Å²) in [7, 11) is 0. The van der Waals surface area contributed by atoms with Gasteiger partial charge in [0.25, 0.3) is 0 Å². The summed E-state index contributed by atoms with van der Waals surface area (Å²) in [5.41, 5.74) is 0. The summed E-state index contributed by atoms with van der Waals surface area (Å²) >= 11 is 1.97. The zero-order valence-electron chi connectivity index (χ0n) is 10.9. The van der Waals surface area contributed by atoms with Gasteiger partial charge < -0.3 is 5.32 Å². The van der Waals surface area contributed by atoms with Crippen LogP contribution in [-0.4, -0.2) is 27.7 Å². The lowest BCUT2D eigenvalue weighted by Crippen LogP contribution is -2.17. The fraction of sp³-hybridized carbons (Fsp3) is 0.429. The maximum atomic E-state index is 4.21. The molecule has 3 nitrogen and oxygen atoms in total. The first-order chi connectivity index (χ1) is 8.81. The number of thioether (sulfide) groups is 1. The summed E-state index contributed by atoms with van der Waals surface area (Å²) in [6.07, 6.45) is 2.95. The van der Waals surface area contributed by atoms with Crippen LogP contribution < -0.4 is 5.32 Å². The van der Waals surface area contributed by atoms with E-state index in [4.69, 9.17) is 0 Å². The molecule has 0 aliphatic rings. The van der Waals surface area contributed by atoms with E-state index in [1.165, 1.54) is 11.5 Å². The van der Waals surface area contributed by atoms with Gasteiger partial charge in [-0.2, -0.15) is 16.9 Å². The first kappa shape index (κ1) is 13.1.